The molecule has 0 saturated heterocycles. The molecule has 178 valence electrons. The maximum Gasteiger partial charge on any atom is 0.121 e. The lowest BCUT2D eigenvalue weighted by molar-refractivity contribution is 0.320. The van der Waals surface area contributed by atoms with E-state index in [1.807, 2.05) is 6.07 Å². The lowest BCUT2D eigenvalue weighted by atomic mass is 9.82. The number of hydrogen-bond acceptors (Lipinski definition) is 4. The average Bonchev–Trinajstić information content (AvgIpc) is 3.47. The standard InChI is InChI=1S/C29H36N4S/c1-6-33-31-26(23-14-8-7-9-15-23)27(32-33)24-16-10-12-22(18-24)13-11-17-29(4,5)19-25-20-34-28(30-25)21(2)3/h7-10,12,14-16,18,20-21H,6,11,13,17,19H2,1-5H3. The van der Waals surface area contributed by atoms with Crippen molar-refractivity contribution < 1.29 is 0 Å². The molecule has 0 amide bonds. The molecule has 34 heavy (non-hydrogen) atoms. The molecule has 0 radical (unpaired) electrons. The van der Waals surface area contributed by atoms with Crippen molar-refractivity contribution in [2.24, 2.45) is 5.41 Å². The van der Waals surface area contributed by atoms with Crippen molar-refractivity contribution in [2.45, 2.75) is 72.8 Å². The minimum Gasteiger partial charge on any atom is -0.246 e. The summed E-state index contributed by atoms with van der Waals surface area (Å²) < 4.78 is 0. The zero-order valence-electron chi connectivity index (χ0n) is 21.1. The molecule has 0 bridgehead atoms. The molecule has 0 saturated carbocycles. The summed E-state index contributed by atoms with van der Waals surface area (Å²) in [6.07, 6.45) is 4.43. The first-order valence-corrected chi connectivity index (χ1v) is 13.3. The summed E-state index contributed by atoms with van der Waals surface area (Å²) >= 11 is 1.80. The van der Waals surface area contributed by atoms with Crippen LogP contribution in [0.5, 0.6) is 0 Å². The van der Waals surface area contributed by atoms with Gasteiger partial charge in [0, 0.05) is 22.4 Å². The van der Waals surface area contributed by atoms with E-state index in [2.05, 4.69) is 88.5 Å². The third-order valence-electron chi connectivity index (χ3n) is 6.23. The molecule has 0 spiro atoms. The topological polar surface area (TPSA) is 43.6 Å². The number of rotatable bonds is 10. The first-order valence-electron chi connectivity index (χ1n) is 12.4. The average molecular weight is 473 g/mol. The molecule has 2 heterocycles. The summed E-state index contributed by atoms with van der Waals surface area (Å²) in [6.45, 7) is 12.0. The summed E-state index contributed by atoms with van der Waals surface area (Å²) in [6, 6.07) is 19.2. The molecule has 4 rings (SSSR count). The van der Waals surface area contributed by atoms with Crippen LogP contribution in [0.1, 0.15) is 69.6 Å². The highest BCUT2D eigenvalue weighted by molar-refractivity contribution is 7.09. The molecular weight excluding hydrogens is 436 g/mol. The second-order valence-electron chi connectivity index (χ2n) is 10.2. The van der Waals surface area contributed by atoms with E-state index in [1.165, 1.54) is 22.7 Å². The van der Waals surface area contributed by atoms with Gasteiger partial charge in [-0.1, -0.05) is 76.2 Å². The quantitative estimate of drug-likeness (QED) is 0.236. The minimum absolute atomic E-state index is 0.240. The van der Waals surface area contributed by atoms with Crippen LogP contribution in [0.25, 0.3) is 22.5 Å². The van der Waals surface area contributed by atoms with E-state index in [1.54, 1.807) is 16.1 Å². The number of nitrogens with zero attached hydrogens (tertiary/aromatic N) is 4. The normalized spacial score (nSPS) is 11.9. The van der Waals surface area contributed by atoms with Gasteiger partial charge in [0.2, 0.25) is 0 Å². The molecule has 0 aliphatic carbocycles. The SMILES string of the molecule is CCn1nc(-c2ccccc2)c(-c2cccc(CCCC(C)(C)Cc3csc(C(C)C)n3)c2)n1. The molecule has 4 nitrogen and oxygen atoms in total. The number of thiazole rings is 1. The van der Waals surface area contributed by atoms with Gasteiger partial charge in [0.25, 0.3) is 0 Å². The predicted octanol–water partition coefficient (Wildman–Crippen LogP) is 7.80. The Morgan fingerprint density at radius 1 is 0.941 bits per heavy atom. The van der Waals surface area contributed by atoms with Crippen molar-refractivity contribution in [2.75, 3.05) is 0 Å². The monoisotopic (exact) mass is 472 g/mol. The number of hydrogen-bond donors (Lipinski definition) is 0. The van der Waals surface area contributed by atoms with Crippen LogP contribution in [0.2, 0.25) is 0 Å². The molecule has 0 atom stereocenters. The molecule has 0 aliphatic rings. The van der Waals surface area contributed by atoms with Crippen LogP contribution in [0.4, 0.5) is 0 Å². The highest BCUT2D eigenvalue weighted by Crippen LogP contribution is 2.32. The van der Waals surface area contributed by atoms with Crippen LogP contribution in [0, 0.1) is 5.41 Å². The van der Waals surface area contributed by atoms with Gasteiger partial charge in [0.15, 0.2) is 0 Å². The molecule has 2 aromatic heterocycles. The van der Waals surface area contributed by atoms with Gasteiger partial charge in [0.1, 0.15) is 11.4 Å². The van der Waals surface area contributed by atoms with Crippen LogP contribution in [0.15, 0.2) is 60.0 Å². The minimum atomic E-state index is 0.240. The molecule has 0 unspecified atom stereocenters. The molecule has 0 aliphatic heterocycles. The summed E-state index contributed by atoms with van der Waals surface area (Å²) in [4.78, 5) is 6.64. The fourth-order valence-electron chi connectivity index (χ4n) is 4.37. The molecule has 0 fully saturated rings. The van der Waals surface area contributed by atoms with Gasteiger partial charge < -0.3 is 0 Å². The van der Waals surface area contributed by atoms with Crippen molar-refractivity contribution in [1.82, 2.24) is 20.0 Å². The highest BCUT2D eigenvalue weighted by atomic mass is 32.1. The van der Waals surface area contributed by atoms with Crippen LogP contribution in [-0.2, 0) is 19.4 Å². The van der Waals surface area contributed by atoms with E-state index >= 15 is 0 Å². The van der Waals surface area contributed by atoms with Gasteiger partial charge in [-0.2, -0.15) is 15.0 Å². The first-order chi connectivity index (χ1) is 16.3. The Kier molecular flexibility index (Phi) is 7.62. The van der Waals surface area contributed by atoms with Gasteiger partial charge in [-0.15, -0.1) is 11.3 Å². The third kappa shape index (κ3) is 6.01. The van der Waals surface area contributed by atoms with E-state index in [4.69, 9.17) is 15.2 Å². The van der Waals surface area contributed by atoms with E-state index in [0.717, 1.165) is 48.3 Å². The van der Waals surface area contributed by atoms with Gasteiger partial charge in [-0.3, -0.25) is 0 Å². The molecular formula is C29H36N4S. The second-order valence-corrected chi connectivity index (χ2v) is 11.1. The van der Waals surface area contributed by atoms with Crippen molar-refractivity contribution in [3.8, 4) is 22.5 Å². The van der Waals surface area contributed by atoms with Crippen molar-refractivity contribution in [3.05, 3.63) is 76.2 Å². The fraction of sp³-hybridized carbons (Fsp3) is 0.414. The van der Waals surface area contributed by atoms with Gasteiger partial charge in [-0.05, 0) is 49.7 Å². The largest absolute Gasteiger partial charge is 0.246 e. The van der Waals surface area contributed by atoms with E-state index in [-0.39, 0.29) is 5.41 Å². The second kappa shape index (κ2) is 10.6. The Morgan fingerprint density at radius 2 is 1.65 bits per heavy atom. The van der Waals surface area contributed by atoms with Crippen molar-refractivity contribution in [1.29, 1.82) is 0 Å². The summed E-state index contributed by atoms with van der Waals surface area (Å²) in [7, 11) is 0. The van der Waals surface area contributed by atoms with Crippen LogP contribution in [-0.4, -0.2) is 20.0 Å². The van der Waals surface area contributed by atoms with Gasteiger partial charge in [-0.25, -0.2) is 4.98 Å². The number of benzene rings is 2. The first kappa shape index (κ1) is 24.3. The highest BCUT2D eigenvalue weighted by Gasteiger charge is 2.21. The molecule has 5 heteroatoms. The van der Waals surface area contributed by atoms with Crippen LogP contribution in [0.3, 0.4) is 0 Å². The van der Waals surface area contributed by atoms with Crippen LogP contribution >= 0.6 is 11.3 Å². The zero-order chi connectivity index (χ0) is 24.1. The summed E-state index contributed by atoms with van der Waals surface area (Å²) in [5.74, 6) is 0.510. The van der Waals surface area contributed by atoms with Crippen molar-refractivity contribution >= 4 is 11.3 Å². The Hall–Kier alpha value is -2.79. The predicted molar refractivity (Wildman–Crippen MR) is 143 cm³/mol. The molecule has 4 aromatic rings. The van der Waals surface area contributed by atoms with Crippen molar-refractivity contribution in [3.63, 3.8) is 0 Å². The third-order valence-corrected chi connectivity index (χ3v) is 7.42. The summed E-state index contributed by atoms with van der Waals surface area (Å²) in [5.41, 5.74) is 6.99. The lowest BCUT2D eigenvalue weighted by Gasteiger charge is -2.23. The Labute approximate surface area is 208 Å². The number of aryl methyl sites for hydroxylation is 2. The molecule has 0 N–H and O–H groups in total. The van der Waals surface area contributed by atoms with Crippen LogP contribution < -0.4 is 0 Å². The van der Waals surface area contributed by atoms with E-state index < -0.39 is 0 Å². The fourth-order valence-corrected chi connectivity index (χ4v) is 5.20. The smallest absolute Gasteiger partial charge is 0.121 e. The number of aromatic nitrogens is 4. The van der Waals surface area contributed by atoms with E-state index in [9.17, 15) is 0 Å². The van der Waals surface area contributed by atoms with Gasteiger partial charge >= 0.3 is 0 Å². The van der Waals surface area contributed by atoms with Gasteiger partial charge in [0.05, 0.1) is 17.2 Å². The Balaban J connectivity index is 1.44. The molecule has 2 aromatic carbocycles. The summed E-state index contributed by atoms with van der Waals surface area (Å²) in [5, 5.41) is 13.0. The maximum atomic E-state index is 4.85. The maximum absolute atomic E-state index is 4.85. The Morgan fingerprint density at radius 3 is 2.32 bits per heavy atom. The lowest BCUT2D eigenvalue weighted by Crippen LogP contribution is -2.15. The Bertz CT molecular complexity index is 1200. The zero-order valence-corrected chi connectivity index (χ0v) is 21.9. The van der Waals surface area contributed by atoms with E-state index in [0.29, 0.717) is 5.92 Å².